The van der Waals surface area contributed by atoms with Gasteiger partial charge >= 0.3 is 0 Å². The minimum absolute atomic E-state index is 0.162. The molecule has 0 aliphatic carbocycles. The van der Waals surface area contributed by atoms with Gasteiger partial charge in [0.25, 0.3) is 0 Å². The predicted molar refractivity (Wildman–Crippen MR) is 110 cm³/mol. The Morgan fingerprint density at radius 3 is 2.39 bits per heavy atom. The van der Waals surface area contributed by atoms with Crippen LogP contribution in [-0.2, 0) is 14.4 Å². The van der Waals surface area contributed by atoms with Gasteiger partial charge in [0, 0.05) is 16.1 Å². The highest BCUT2D eigenvalue weighted by Crippen LogP contribution is 2.36. The lowest BCUT2D eigenvalue weighted by atomic mass is 9.91. The van der Waals surface area contributed by atoms with Crippen LogP contribution >= 0.6 is 11.6 Å². The van der Waals surface area contributed by atoms with E-state index in [0.717, 1.165) is 0 Å². The Labute approximate surface area is 168 Å². The van der Waals surface area contributed by atoms with E-state index in [1.165, 1.54) is 4.90 Å². The van der Waals surface area contributed by atoms with Gasteiger partial charge in [-0.1, -0.05) is 44.5 Å². The van der Waals surface area contributed by atoms with Gasteiger partial charge in [0.1, 0.15) is 6.04 Å². The summed E-state index contributed by atoms with van der Waals surface area (Å²) in [4.78, 5) is 39.9. The molecule has 0 aromatic heterocycles. The van der Waals surface area contributed by atoms with Crippen LogP contribution in [0.4, 0.5) is 17.1 Å². The number of anilines is 3. The number of hydrogen-bond acceptors (Lipinski definition) is 3. The zero-order chi connectivity index (χ0) is 20.5. The van der Waals surface area contributed by atoms with E-state index < -0.39 is 11.5 Å². The molecular weight excluding hydrogens is 378 g/mol. The molecule has 3 rings (SSSR count). The third-order valence-corrected chi connectivity index (χ3v) is 4.65. The van der Waals surface area contributed by atoms with Crippen molar-refractivity contribution >= 4 is 46.4 Å². The Kier molecular flexibility index (Phi) is 5.42. The molecule has 1 aliphatic heterocycles. The molecule has 1 atom stereocenters. The highest BCUT2D eigenvalue weighted by Gasteiger charge is 2.41. The molecule has 2 N–H and O–H groups in total. The van der Waals surface area contributed by atoms with Crippen LogP contribution in [0.15, 0.2) is 48.5 Å². The van der Waals surface area contributed by atoms with Gasteiger partial charge in [-0.3, -0.25) is 19.3 Å². The van der Waals surface area contributed by atoms with Crippen molar-refractivity contribution < 1.29 is 14.4 Å². The van der Waals surface area contributed by atoms with Crippen LogP contribution in [0.1, 0.15) is 27.2 Å². The zero-order valence-electron chi connectivity index (χ0n) is 16.0. The fraction of sp³-hybridized carbons (Fsp3) is 0.286. The van der Waals surface area contributed by atoms with Gasteiger partial charge in [0.2, 0.25) is 17.7 Å². The monoisotopic (exact) mass is 399 g/mol. The first-order chi connectivity index (χ1) is 13.2. The topological polar surface area (TPSA) is 78.5 Å². The highest BCUT2D eigenvalue weighted by molar-refractivity contribution is 6.30. The van der Waals surface area contributed by atoms with Gasteiger partial charge in [0.05, 0.1) is 17.8 Å². The molecule has 1 heterocycles. The lowest BCUT2D eigenvalue weighted by molar-refractivity contribution is -0.130. The Bertz CT molecular complexity index is 919. The molecule has 0 saturated heterocycles. The largest absolute Gasteiger partial charge is 0.326 e. The summed E-state index contributed by atoms with van der Waals surface area (Å²) >= 11 is 5.86. The van der Waals surface area contributed by atoms with E-state index in [4.69, 9.17) is 11.6 Å². The van der Waals surface area contributed by atoms with E-state index in [9.17, 15) is 14.4 Å². The second kappa shape index (κ2) is 7.64. The summed E-state index contributed by atoms with van der Waals surface area (Å²) in [6.07, 6.45) is -0.162. The summed E-state index contributed by atoms with van der Waals surface area (Å²) in [5, 5.41) is 6.09. The van der Waals surface area contributed by atoms with Crippen molar-refractivity contribution in [1.82, 2.24) is 0 Å². The van der Waals surface area contributed by atoms with Crippen molar-refractivity contribution in [3.05, 3.63) is 53.6 Å². The smallest absolute Gasteiger partial charge is 0.248 e. The number of fused-ring (bicyclic) bond motifs is 1. The molecule has 2 aromatic carbocycles. The summed E-state index contributed by atoms with van der Waals surface area (Å²) in [6, 6.07) is 12.8. The van der Waals surface area contributed by atoms with E-state index in [1.807, 2.05) is 0 Å². The first-order valence-electron chi connectivity index (χ1n) is 8.96. The van der Waals surface area contributed by atoms with E-state index in [-0.39, 0.29) is 24.1 Å². The lowest BCUT2D eigenvalue weighted by Crippen LogP contribution is -2.55. The molecule has 0 spiro atoms. The van der Waals surface area contributed by atoms with Crippen LogP contribution < -0.4 is 15.5 Å². The van der Waals surface area contributed by atoms with Crippen molar-refractivity contribution in [3.8, 4) is 0 Å². The van der Waals surface area contributed by atoms with Crippen molar-refractivity contribution in [2.45, 2.75) is 33.2 Å². The molecule has 7 heteroatoms. The molecule has 0 saturated carbocycles. The van der Waals surface area contributed by atoms with Gasteiger partial charge in [-0.2, -0.15) is 0 Å². The number of amides is 3. The molecule has 0 radical (unpaired) electrons. The van der Waals surface area contributed by atoms with Crippen LogP contribution in [-0.4, -0.2) is 23.8 Å². The lowest BCUT2D eigenvalue weighted by Gasteiger charge is -2.39. The number of hydrogen-bond donors (Lipinski definition) is 2. The first-order valence-corrected chi connectivity index (χ1v) is 9.33. The van der Waals surface area contributed by atoms with Gasteiger partial charge in [-0.15, -0.1) is 0 Å². The fourth-order valence-electron chi connectivity index (χ4n) is 3.01. The molecule has 146 valence electrons. The number of nitrogens with zero attached hydrogens (tertiary/aromatic N) is 1. The van der Waals surface area contributed by atoms with Gasteiger partial charge in [-0.25, -0.2) is 0 Å². The maximum atomic E-state index is 13.1. The Morgan fingerprint density at radius 1 is 1.11 bits per heavy atom. The van der Waals surface area contributed by atoms with Crippen molar-refractivity contribution in [2.75, 3.05) is 15.5 Å². The molecule has 0 fully saturated rings. The second-order valence-corrected chi connectivity index (χ2v) is 8.14. The number of nitrogens with one attached hydrogen (secondary N) is 2. The van der Waals surface area contributed by atoms with E-state index in [0.29, 0.717) is 22.1 Å². The van der Waals surface area contributed by atoms with Crippen molar-refractivity contribution in [1.29, 1.82) is 0 Å². The molecule has 1 aliphatic rings. The van der Waals surface area contributed by atoms with Crippen LogP contribution in [0.5, 0.6) is 0 Å². The predicted octanol–water partition coefficient (Wildman–Crippen LogP) is 4.07. The minimum atomic E-state index is -0.936. The number of carbonyl (C=O) groups is 3. The van der Waals surface area contributed by atoms with Crippen molar-refractivity contribution in [2.24, 2.45) is 5.41 Å². The molecule has 3 amide bonds. The summed E-state index contributed by atoms with van der Waals surface area (Å²) in [5.41, 5.74) is 1.00. The number of rotatable bonds is 3. The maximum absolute atomic E-state index is 13.1. The zero-order valence-corrected chi connectivity index (χ0v) is 16.7. The van der Waals surface area contributed by atoms with E-state index >= 15 is 0 Å². The molecule has 2 aromatic rings. The SMILES string of the molecule is CC(C)(C)C(=O)N1c2ccccc2NC(=O)C1CC(=O)Nc1ccc(Cl)cc1. The third-order valence-electron chi connectivity index (χ3n) is 4.40. The standard InChI is InChI=1S/C21H22ClN3O3/c1-21(2,3)20(28)25-16-7-5-4-6-15(16)24-19(27)17(25)12-18(26)23-14-10-8-13(22)9-11-14/h4-11,17H,12H2,1-3H3,(H,23,26)(H,24,27). The van der Waals surface area contributed by atoms with Crippen LogP contribution in [0, 0.1) is 5.41 Å². The number of benzene rings is 2. The van der Waals surface area contributed by atoms with Gasteiger partial charge in [0.15, 0.2) is 0 Å². The third kappa shape index (κ3) is 4.17. The van der Waals surface area contributed by atoms with Crippen LogP contribution in [0.25, 0.3) is 0 Å². The highest BCUT2D eigenvalue weighted by atomic mass is 35.5. The van der Waals surface area contributed by atoms with Crippen molar-refractivity contribution in [3.63, 3.8) is 0 Å². The summed E-state index contributed by atoms with van der Waals surface area (Å²) in [7, 11) is 0. The minimum Gasteiger partial charge on any atom is -0.326 e. The summed E-state index contributed by atoms with van der Waals surface area (Å²) < 4.78 is 0. The van der Waals surface area contributed by atoms with Crippen LogP contribution in [0.3, 0.4) is 0 Å². The Hall–Kier alpha value is -2.86. The number of halogens is 1. The van der Waals surface area contributed by atoms with Gasteiger partial charge in [-0.05, 0) is 36.4 Å². The Morgan fingerprint density at radius 2 is 1.75 bits per heavy atom. The second-order valence-electron chi connectivity index (χ2n) is 7.71. The maximum Gasteiger partial charge on any atom is 0.248 e. The van der Waals surface area contributed by atoms with Gasteiger partial charge < -0.3 is 10.6 Å². The molecular formula is C21H22ClN3O3. The molecule has 6 nitrogen and oxygen atoms in total. The number of para-hydroxylation sites is 2. The number of carbonyl (C=O) groups excluding carboxylic acids is 3. The normalized spacial score (nSPS) is 16.2. The Balaban J connectivity index is 1.88. The fourth-order valence-corrected chi connectivity index (χ4v) is 3.13. The molecule has 1 unspecified atom stereocenters. The quantitative estimate of drug-likeness (QED) is 0.816. The van der Waals surface area contributed by atoms with E-state index in [1.54, 1.807) is 69.3 Å². The average molecular weight is 400 g/mol. The van der Waals surface area contributed by atoms with E-state index in [2.05, 4.69) is 10.6 Å². The summed E-state index contributed by atoms with van der Waals surface area (Å²) in [6.45, 7) is 5.36. The first kappa shape index (κ1) is 19.9. The summed E-state index contributed by atoms with van der Waals surface area (Å²) in [5.74, 6) is -0.977. The molecule has 28 heavy (non-hydrogen) atoms. The molecule has 0 bridgehead atoms. The van der Waals surface area contributed by atoms with Crippen LogP contribution in [0.2, 0.25) is 5.02 Å². The average Bonchev–Trinajstić information content (AvgIpc) is 2.63.